The van der Waals surface area contributed by atoms with Crippen molar-refractivity contribution in [2.75, 3.05) is 0 Å². The molecule has 6 nitrogen and oxygen atoms in total. The molecule has 0 spiro atoms. The second-order valence-electron chi connectivity index (χ2n) is 4.33. The number of carboxylic acid groups (broad SMARTS) is 1. The summed E-state index contributed by atoms with van der Waals surface area (Å²) in [4.78, 5) is 10.4. The van der Waals surface area contributed by atoms with E-state index in [-0.39, 0.29) is 6.42 Å². The standard InChI is InChI=1S/C13H16N4O2/c18-13(19)8-4-5-9-17-12(14-15-16-17)10-11-6-2-1-3-7-11/h1-3,6-7H,4-5,8-10H2,(H,18,19). The van der Waals surface area contributed by atoms with Crippen LogP contribution < -0.4 is 0 Å². The summed E-state index contributed by atoms with van der Waals surface area (Å²) in [5, 5.41) is 20.2. The summed E-state index contributed by atoms with van der Waals surface area (Å²) < 4.78 is 1.74. The highest BCUT2D eigenvalue weighted by molar-refractivity contribution is 5.66. The average Bonchev–Trinajstić information content (AvgIpc) is 2.83. The van der Waals surface area contributed by atoms with Crippen molar-refractivity contribution in [1.29, 1.82) is 0 Å². The number of nitrogens with zero attached hydrogens (tertiary/aromatic N) is 4. The highest BCUT2D eigenvalue weighted by Gasteiger charge is 2.07. The molecule has 1 N–H and O–H groups in total. The van der Waals surface area contributed by atoms with Gasteiger partial charge in [0.15, 0.2) is 5.82 Å². The first-order valence-corrected chi connectivity index (χ1v) is 6.26. The number of hydrogen-bond acceptors (Lipinski definition) is 4. The van der Waals surface area contributed by atoms with E-state index >= 15 is 0 Å². The summed E-state index contributed by atoms with van der Waals surface area (Å²) in [7, 11) is 0. The summed E-state index contributed by atoms with van der Waals surface area (Å²) in [5.74, 6) is 0.0442. The molecule has 0 aliphatic rings. The van der Waals surface area contributed by atoms with Gasteiger partial charge in [-0.1, -0.05) is 30.3 Å². The zero-order valence-corrected chi connectivity index (χ0v) is 10.6. The number of rotatable bonds is 7. The lowest BCUT2D eigenvalue weighted by Crippen LogP contribution is -2.07. The van der Waals surface area contributed by atoms with Crippen LogP contribution in [-0.2, 0) is 17.8 Å². The fourth-order valence-electron chi connectivity index (χ4n) is 1.84. The maximum atomic E-state index is 10.4. The summed E-state index contributed by atoms with van der Waals surface area (Å²) in [6, 6.07) is 10.00. The molecule has 0 unspecified atom stereocenters. The Labute approximate surface area is 111 Å². The third-order valence-corrected chi connectivity index (χ3v) is 2.82. The quantitative estimate of drug-likeness (QED) is 0.763. The molecule has 2 rings (SSSR count). The minimum atomic E-state index is -0.763. The lowest BCUT2D eigenvalue weighted by Gasteiger charge is -2.04. The van der Waals surface area contributed by atoms with Gasteiger partial charge in [-0.05, 0) is 28.8 Å². The number of carbonyl (C=O) groups is 1. The van der Waals surface area contributed by atoms with Crippen molar-refractivity contribution in [3.8, 4) is 0 Å². The molecule has 0 amide bonds. The van der Waals surface area contributed by atoms with Crippen molar-refractivity contribution in [2.45, 2.75) is 32.2 Å². The van der Waals surface area contributed by atoms with Crippen molar-refractivity contribution in [3.05, 3.63) is 41.7 Å². The number of tetrazole rings is 1. The Kier molecular flexibility index (Phi) is 4.60. The molecule has 0 saturated heterocycles. The lowest BCUT2D eigenvalue weighted by molar-refractivity contribution is -0.137. The Morgan fingerprint density at radius 3 is 2.74 bits per heavy atom. The number of carboxylic acids is 1. The molecule has 1 aromatic carbocycles. The summed E-state index contributed by atoms with van der Waals surface area (Å²) in [6.45, 7) is 0.655. The van der Waals surface area contributed by atoms with Crippen LogP contribution in [0.2, 0.25) is 0 Å². The molecule has 0 aliphatic heterocycles. The molecular formula is C13H16N4O2. The zero-order valence-electron chi connectivity index (χ0n) is 10.6. The van der Waals surface area contributed by atoms with Gasteiger partial charge in [-0.2, -0.15) is 0 Å². The predicted molar refractivity (Wildman–Crippen MR) is 68.6 cm³/mol. The molecule has 0 atom stereocenters. The molecule has 19 heavy (non-hydrogen) atoms. The van der Waals surface area contributed by atoms with E-state index in [2.05, 4.69) is 15.5 Å². The number of aromatic nitrogens is 4. The van der Waals surface area contributed by atoms with Gasteiger partial charge in [-0.3, -0.25) is 4.79 Å². The number of unbranched alkanes of at least 4 members (excludes halogenated alkanes) is 1. The summed E-state index contributed by atoms with van der Waals surface area (Å²) >= 11 is 0. The Hall–Kier alpha value is -2.24. The first-order valence-electron chi connectivity index (χ1n) is 6.26. The van der Waals surface area contributed by atoms with Gasteiger partial charge in [-0.15, -0.1) is 5.10 Å². The van der Waals surface area contributed by atoms with E-state index in [0.717, 1.165) is 17.8 Å². The zero-order chi connectivity index (χ0) is 13.5. The molecule has 0 saturated carbocycles. The SMILES string of the molecule is O=C(O)CCCCn1nnnc1Cc1ccccc1. The van der Waals surface area contributed by atoms with Crippen molar-refractivity contribution >= 4 is 5.97 Å². The third kappa shape index (κ3) is 4.17. The average molecular weight is 260 g/mol. The molecular weight excluding hydrogens is 244 g/mol. The molecule has 0 radical (unpaired) electrons. The van der Waals surface area contributed by atoms with Gasteiger partial charge in [-0.25, -0.2) is 4.68 Å². The highest BCUT2D eigenvalue weighted by atomic mass is 16.4. The van der Waals surface area contributed by atoms with Crippen LogP contribution in [-0.4, -0.2) is 31.3 Å². The number of aliphatic carboxylic acids is 1. The van der Waals surface area contributed by atoms with E-state index < -0.39 is 5.97 Å². The topological polar surface area (TPSA) is 80.9 Å². The third-order valence-electron chi connectivity index (χ3n) is 2.82. The molecule has 0 fully saturated rings. The van der Waals surface area contributed by atoms with Crippen LogP contribution in [0.1, 0.15) is 30.7 Å². The number of benzene rings is 1. The van der Waals surface area contributed by atoms with E-state index in [1.165, 1.54) is 0 Å². The maximum Gasteiger partial charge on any atom is 0.303 e. The van der Waals surface area contributed by atoms with Crippen LogP contribution in [0.25, 0.3) is 0 Å². The Bertz CT molecular complexity index is 524. The van der Waals surface area contributed by atoms with Crippen molar-refractivity contribution in [1.82, 2.24) is 20.2 Å². The van der Waals surface area contributed by atoms with Gasteiger partial charge in [0.05, 0.1) is 0 Å². The minimum absolute atomic E-state index is 0.191. The van der Waals surface area contributed by atoms with Crippen LogP contribution >= 0.6 is 0 Å². The molecule has 1 aromatic heterocycles. The monoisotopic (exact) mass is 260 g/mol. The van der Waals surface area contributed by atoms with Crippen molar-refractivity contribution < 1.29 is 9.90 Å². The van der Waals surface area contributed by atoms with E-state index in [1.54, 1.807) is 4.68 Å². The van der Waals surface area contributed by atoms with Crippen molar-refractivity contribution in [2.24, 2.45) is 0 Å². The predicted octanol–water partition coefficient (Wildman–Crippen LogP) is 1.52. The van der Waals surface area contributed by atoms with Crippen LogP contribution in [0.15, 0.2) is 30.3 Å². The molecule has 2 aromatic rings. The molecule has 1 heterocycles. The van der Waals surface area contributed by atoms with Gasteiger partial charge >= 0.3 is 5.97 Å². The van der Waals surface area contributed by atoms with Gasteiger partial charge in [0.2, 0.25) is 0 Å². The molecule has 0 aliphatic carbocycles. The maximum absolute atomic E-state index is 10.4. The fraction of sp³-hybridized carbons (Fsp3) is 0.385. The fourth-order valence-corrected chi connectivity index (χ4v) is 1.84. The summed E-state index contributed by atoms with van der Waals surface area (Å²) in [6.07, 6.45) is 2.28. The second-order valence-corrected chi connectivity index (χ2v) is 4.33. The second kappa shape index (κ2) is 6.63. The first kappa shape index (κ1) is 13.2. The van der Waals surface area contributed by atoms with E-state index in [4.69, 9.17) is 5.11 Å². The van der Waals surface area contributed by atoms with Gasteiger partial charge < -0.3 is 5.11 Å². The van der Waals surface area contributed by atoms with E-state index in [0.29, 0.717) is 19.4 Å². The largest absolute Gasteiger partial charge is 0.481 e. The van der Waals surface area contributed by atoms with Crippen LogP contribution in [0.3, 0.4) is 0 Å². The van der Waals surface area contributed by atoms with Crippen LogP contribution in [0.5, 0.6) is 0 Å². The Balaban J connectivity index is 1.89. The molecule has 100 valence electrons. The number of hydrogen-bond donors (Lipinski definition) is 1. The van der Waals surface area contributed by atoms with Gasteiger partial charge in [0, 0.05) is 19.4 Å². The van der Waals surface area contributed by atoms with Crippen LogP contribution in [0.4, 0.5) is 0 Å². The van der Waals surface area contributed by atoms with Gasteiger partial charge in [0.25, 0.3) is 0 Å². The summed E-state index contributed by atoms with van der Waals surface area (Å²) in [5.41, 5.74) is 1.16. The Morgan fingerprint density at radius 2 is 2.00 bits per heavy atom. The van der Waals surface area contributed by atoms with E-state index in [9.17, 15) is 4.79 Å². The number of aryl methyl sites for hydroxylation is 1. The van der Waals surface area contributed by atoms with E-state index in [1.807, 2.05) is 30.3 Å². The Morgan fingerprint density at radius 1 is 1.21 bits per heavy atom. The smallest absolute Gasteiger partial charge is 0.303 e. The van der Waals surface area contributed by atoms with Crippen LogP contribution in [0, 0.1) is 0 Å². The van der Waals surface area contributed by atoms with Crippen molar-refractivity contribution in [3.63, 3.8) is 0 Å². The first-order chi connectivity index (χ1) is 9.25. The molecule has 6 heteroatoms. The minimum Gasteiger partial charge on any atom is -0.481 e. The molecule has 0 bridgehead atoms. The lowest BCUT2D eigenvalue weighted by atomic mass is 10.1. The van der Waals surface area contributed by atoms with Gasteiger partial charge in [0.1, 0.15) is 0 Å². The normalized spacial score (nSPS) is 10.5. The highest BCUT2D eigenvalue weighted by Crippen LogP contribution is 2.07.